The van der Waals surface area contributed by atoms with E-state index in [0.29, 0.717) is 32.0 Å². The standard InChI is InChI=1S/C20H30N4O2/c1-14-13-15(2)23-18(22-14)7-10-21-19(25)16-8-11-24(12-9-16)20(26)17-5-3-4-6-17/h13,16-17H,3-12H2,1-2H3,(H,21,25). The Balaban J connectivity index is 1.40. The third-order valence-electron chi connectivity index (χ3n) is 5.56. The number of piperidine rings is 1. The van der Waals surface area contributed by atoms with Crippen molar-refractivity contribution >= 4 is 11.8 Å². The predicted molar refractivity (Wildman–Crippen MR) is 99.5 cm³/mol. The van der Waals surface area contributed by atoms with E-state index in [2.05, 4.69) is 15.3 Å². The highest BCUT2D eigenvalue weighted by Gasteiger charge is 2.31. The predicted octanol–water partition coefficient (Wildman–Crippen LogP) is 2.18. The Hall–Kier alpha value is -1.98. The number of hydrogen-bond acceptors (Lipinski definition) is 4. The number of aromatic nitrogens is 2. The van der Waals surface area contributed by atoms with E-state index in [1.54, 1.807) is 0 Å². The number of aryl methyl sites for hydroxylation is 2. The van der Waals surface area contributed by atoms with Crippen LogP contribution in [-0.4, -0.2) is 46.3 Å². The van der Waals surface area contributed by atoms with Gasteiger partial charge in [-0.2, -0.15) is 0 Å². The molecule has 0 radical (unpaired) electrons. The number of nitrogens with one attached hydrogen (secondary N) is 1. The molecule has 1 saturated carbocycles. The molecule has 1 aliphatic carbocycles. The molecular formula is C20H30N4O2. The molecule has 2 amide bonds. The van der Waals surface area contributed by atoms with Gasteiger partial charge in [-0.15, -0.1) is 0 Å². The molecule has 0 aromatic carbocycles. The highest BCUT2D eigenvalue weighted by molar-refractivity contribution is 5.81. The molecule has 142 valence electrons. The number of carbonyl (C=O) groups excluding carboxylic acids is 2. The fourth-order valence-corrected chi connectivity index (χ4v) is 4.15. The van der Waals surface area contributed by atoms with Crippen LogP contribution in [0.5, 0.6) is 0 Å². The fourth-order valence-electron chi connectivity index (χ4n) is 4.15. The van der Waals surface area contributed by atoms with Crippen LogP contribution in [0.15, 0.2) is 6.07 Å². The molecule has 1 aromatic heterocycles. The minimum atomic E-state index is 0.0165. The first-order valence-electron chi connectivity index (χ1n) is 9.90. The first-order chi connectivity index (χ1) is 12.5. The lowest BCUT2D eigenvalue weighted by molar-refractivity contribution is -0.139. The molecule has 2 heterocycles. The minimum absolute atomic E-state index is 0.0165. The molecular weight excluding hydrogens is 328 g/mol. The summed E-state index contributed by atoms with van der Waals surface area (Å²) in [5, 5.41) is 3.02. The van der Waals surface area contributed by atoms with Crippen molar-refractivity contribution in [1.82, 2.24) is 20.2 Å². The van der Waals surface area contributed by atoms with E-state index >= 15 is 0 Å². The van der Waals surface area contributed by atoms with Crippen LogP contribution >= 0.6 is 0 Å². The van der Waals surface area contributed by atoms with Crippen LogP contribution in [0.1, 0.15) is 55.7 Å². The van der Waals surface area contributed by atoms with Crippen LogP contribution < -0.4 is 5.32 Å². The smallest absolute Gasteiger partial charge is 0.225 e. The molecule has 3 rings (SSSR count). The van der Waals surface area contributed by atoms with E-state index in [1.165, 1.54) is 12.8 Å². The SMILES string of the molecule is Cc1cc(C)nc(CCNC(=O)C2CCN(C(=O)C3CCCC3)CC2)n1. The third-order valence-corrected chi connectivity index (χ3v) is 5.56. The first-order valence-corrected chi connectivity index (χ1v) is 9.90. The Morgan fingerprint density at radius 2 is 1.65 bits per heavy atom. The van der Waals surface area contributed by atoms with Crippen LogP contribution in [0.3, 0.4) is 0 Å². The minimum Gasteiger partial charge on any atom is -0.355 e. The van der Waals surface area contributed by atoms with Crippen molar-refractivity contribution in [3.05, 3.63) is 23.3 Å². The van der Waals surface area contributed by atoms with Gasteiger partial charge >= 0.3 is 0 Å². The van der Waals surface area contributed by atoms with E-state index < -0.39 is 0 Å². The zero-order valence-corrected chi connectivity index (χ0v) is 16.0. The number of rotatable bonds is 5. The normalized spacial score (nSPS) is 18.9. The van der Waals surface area contributed by atoms with Crippen molar-refractivity contribution < 1.29 is 9.59 Å². The summed E-state index contributed by atoms with van der Waals surface area (Å²) in [6.45, 7) is 5.90. The maximum Gasteiger partial charge on any atom is 0.225 e. The summed E-state index contributed by atoms with van der Waals surface area (Å²) in [6.07, 6.45) is 6.63. The molecule has 2 fully saturated rings. The van der Waals surface area contributed by atoms with Gasteiger partial charge in [0, 0.05) is 49.3 Å². The van der Waals surface area contributed by atoms with Gasteiger partial charge in [0.15, 0.2) is 0 Å². The Labute approximate surface area is 155 Å². The van der Waals surface area contributed by atoms with Crippen molar-refractivity contribution in [3.63, 3.8) is 0 Å². The molecule has 1 saturated heterocycles. The van der Waals surface area contributed by atoms with Crippen molar-refractivity contribution in [2.75, 3.05) is 19.6 Å². The number of hydrogen-bond donors (Lipinski definition) is 1. The number of likely N-dealkylation sites (tertiary alicyclic amines) is 1. The summed E-state index contributed by atoms with van der Waals surface area (Å²) < 4.78 is 0. The zero-order valence-electron chi connectivity index (χ0n) is 16.0. The average molecular weight is 358 g/mol. The van der Waals surface area contributed by atoms with Gasteiger partial charge < -0.3 is 10.2 Å². The van der Waals surface area contributed by atoms with E-state index in [-0.39, 0.29) is 17.7 Å². The van der Waals surface area contributed by atoms with Crippen molar-refractivity contribution in [2.24, 2.45) is 11.8 Å². The largest absolute Gasteiger partial charge is 0.355 e. The van der Waals surface area contributed by atoms with Gasteiger partial charge in [0.25, 0.3) is 0 Å². The molecule has 26 heavy (non-hydrogen) atoms. The van der Waals surface area contributed by atoms with Gasteiger partial charge in [-0.25, -0.2) is 9.97 Å². The molecule has 6 nitrogen and oxygen atoms in total. The quantitative estimate of drug-likeness (QED) is 0.875. The van der Waals surface area contributed by atoms with Gasteiger partial charge in [-0.3, -0.25) is 9.59 Å². The summed E-state index contributed by atoms with van der Waals surface area (Å²) in [5.41, 5.74) is 1.91. The van der Waals surface area contributed by atoms with Crippen LogP contribution in [0.2, 0.25) is 0 Å². The van der Waals surface area contributed by atoms with Crippen LogP contribution in [-0.2, 0) is 16.0 Å². The molecule has 6 heteroatoms. The lowest BCUT2D eigenvalue weighted by Gasteiger charge is -2.33. The van der Waals surface area contributed by atoms with Gasteiger partial charge in [-0.05, 0) is 45.6 Å². The Morgan fingerprint density at radius 3 is 2.27 bits per heavy atom. The lowest BCUT2D eigenvalue weighted by atomic mass is 9.94. The molecule has 0 spiro atoms. The van der Waals surface area contributed by atoms with Gasteiger partial charge in [0.1, 0.15) is 5.82 Å². The van der Waals surface area contributed by atoms with Crippen molar-refractivity contribution in [3.8, 4) is 0 Å². The monoisotopic (exact) mass is 358 g/mol. The second kappa shape index (κ2) is 8.60. The van der Waals surface area contributed by atoms with Crippen molar-refractivity contribution in [1.29, 1.82) is 0 Å². The van der Waals surface area contributed by atoms with Gasteiger partial charge in [0.05, 0.1) is 0 Å². The van der Waals surface area contributed by atoms with Crippen LogP contribution in [0.4, 0.5) is 0 Å². The number of amides is 2. The summed E-state index contributed by atoms with van der Waals surface area (Å²) in [5.74, 6) is 1.44. The first kappa shape index (κ1) is 18.8. The number of carbonyl (C=O) groups is 2. The highest BCUT2D eigenvalue weighted by atomic mass is 16.2. The summed E-state index contributed by atoms with van der Waals surface area (Å²) in [6, 6.07) is 1.95. The Morgan fingerprint density at radius 1 is 1.04 bits per heavy atom. The summed E-state index contributed by atoms with van der Waals surface area (Å²) >= 11 is 0. The molecule has 1 aliphatic heterocycles. The highest BCUT2D eigenvalue weighted by Crippen LogP contribution is 2.28. The topological polar surface area (TPSA) is 75.2 Å². The molecule has 1 N–H and O–H groups in total. The fraction of sp³-hybridized carbons (Fsp3) is 0.700. The van der Waals surface area contributed by atoms with E-state index in [1.807, 2.05) is 24.8 Å². The van der Waals surface area contributed by atoms with Gasteiger partial charge in [0.2, 0.25) is 11.8 Å². The van der Waals surface area contributed by atoms with Crippen molar-refractivity contribution in [2.45, 2.75) is 58.8 Å². The molecule has 0 bridgehead atoms. The van der Waals surface area contributed by atoms with Crippen LogP contribution in [0, 0.1) is 25.7 Å². The van der Waals surface area contributed by atoms with Gasteiger partial charge in [-0.1, -0.05) is 12.8 Å². The maximum absolute atomic E-state index is 12.5. The maximum atomic E-state index is 12.5. The second-order valence-electron chi connectivity index (χ2n) is 7.69. The second-order valence-corrected chi connectivity index (χ2v) is 7.69. The average Bonchev–Trinajstić information content (AvgIpc) is 3.15. The Kier molecular flexibility index (Phi) is 6.22. The summed E-state index contributed by atoms with van der Waals surface area (Å²) in [7, 11) is 0. The van der Waals surface area contributed by atoms with E-state index in [0.717, 1.165) is 42.9 Å². The summed E-state index contributed by atoms with van der Waals surface area (Å²) in [4.78, 5) is 35.7. The zero-order chi connectivity index (χ0) is 18.5. The third kappa shape index (κ3) is 4.80. The van der Waals surface area contributed by atoms with E-state index in [9.17, 15) is 9.59 Å². The molecule has 2 aliphatic rings. The molecule has 0 atom stereocenters. The Bertz CT molecular complexity index is 627. The molecule has 1 aromatic rings. The van der Waals surface area contributed by atoms with E-state index in [4.69, 9.17) is 0 Å². The van der Waals surface area contributed by atoms with Crippen LogP contribution in [0.25, 0.3) is 0 Å². The lowest BCUT2D eigenvalue weighted by Crippen LogP contribution is -2.45. The molecule has 0 unspecified atom stereocenters. The number of nitrogens with zero attached hydrogens (tertiary/aromatic N) is 3.